The average Bonchev–Trinajstić information content (AvgIpc) is 2.47. The molecule has 84 valence electrons. The van der Waals surface area contributed by atoms with E-state index < -0.39 is 0 Å². The van der Waals surface area contributed by atoms with Crippen molar-refractivity contribution in [2.45, 2.75) is 33.6 Å². The number of aliphatic hydroxyl groups excluding tert-OH is 1. The third-order valence-electron chi connectivity index (χ3n) is 3.68. The molecule has 0 aliphatic heterocycles. The summed E-state index contributed by atoms with van der Waals surface area (Å²) in [6.07, 6.45) is 2.37. The standard InChI is InChI=1S/C12H24O2/c1-12(2,3)11-5-9(7-13)10(6-11)8-14-4/h9-11,13H,5-8H2,1-4H3. The summed E-state index contributed by atoms with van der Waals surface area (Å²) >= 11 is 0. The van der Waals surface area contributed by atoms with E-state index in [-0.39, 0.29) is 0 Å². The molecular formula is C12H24O2. The molecule has 14 heavy (non-hydrogen) atoms. The molecule has 0 saturated heterocycles. The molecule has 0 aromatic heterocycles. The highest BCUT2D eigenvalue weighted by molar-refractivity contribution is 4.88. The van der Waals surface area contributed by atoms with E-state index in [1.807, 2.05) is 0 Å². The molecule has 1 fully saturated rings. The highest BCUT2D eigenvalue weighted by Crippen LogP contribution is 2.45. The number of hydrogen-bond donors (Lipinski definition) is 1. The van der Waals surface area contributed by atoms with Crippen molar-refractivity contribution in [3.63, 3.8) is 0 Å². The summed E-state index contributed by atoms with van der Waals surface area (Å²) in [5, 5.41) is 9.29. The Morgan fingerprint density at radius 2 is 1.79 bits per heavy atom. The Kier molecular flexibility index (Phi) is 3.96. The van der Waals surface area contributed by atoms with Crippen LogP contribution in [0.4, 0.5) is 0 Å². The van der Waals surface area contributed by atoms with Crippen molar-refractivity contribution in [2.24, 2.45) is 23.2 Å². The van der Waals surface area contributed by atoms with E-state index in [0.29, 0.717) is 23.9 Å². The average molecular weight is 200 g/mol. The topological polar surface area (TPSA) is 29.5 Å². The van der Waals surface area contributed by atoms with Crippen LogP contribution < -0.4 is 0 Å². The van der Waals surface area contributed by atoms with Gasteiger partial charge in [0.15, 0.2) is 0 Å². The zero-order valence-electron chi connectivity index (χ0n) is 9.92. The van der Waals surface area contributed by atoms with E-state index in [1.165, 1.54) is 6.42 Å². The van der Waals surface area contributed by atoms with Crippen molar-refractivity contribution < 1.29 is 9.84 Å². The lowest BCUT2D eigenvalue weighted by Gasteiger charge is -2.27. The molecule has 1 saturated carbocycles. The van der Waals surface area contributed by atoms with Crippen LogP contribution in [0.25, 0.3) is 0 Å². The molecule has 1 N–H and O–H groups in total. The summed E-state index contributed by atoms with van der Waals surface area (Å²) in [4.78, 5) is 0. The van der Waals surface area contributed by atoms with Crippen LogP contribution in [-0.4, -0.2) is 25.4 Å². The normalized spacial score (nSPS) is 33.6. The van der Waals surface area contributed by atoms with Gasteiger partial charge in [-0.1, -0.05) is 20.8 Å². The molecule has 3 unspecified atom stereocenters. The summed E-state index contributed by atoms with van der Waals surface area (Å²) in [5.74, 6) is 1.76. The van der Waals surface area contributed by atoms with Crippen LogP contribution in [-0.2, 0) is 4.74 Å². The fraction of sp³-hybridized carbons (Fsp3) is 1.00. The lowest BCUT2D eigenvalue weighted by molar-refractivity contribution is 0.105. The van der Waals surface area contributed by atoms with Crippen molar-refractivity contribution >= 4 is 0 Å². The van der Waals surface area contributed by atoms with E-state index in [2.05, 4.69) is 20.8 Å². The maximum absolute atomic E-state index is 9.29. The third-order valence-corrected chi connectivity index (χ3v) is 3.68. The monoisotopic (exact) mass is 200 g/mol. The maximum Gasteiger partial charge on any atom is 0.0494 e. The molecule has 1 aliphatic rings. The quantitative estimate of drug-likeness (QED) is 0.757. The highest BCUT2D eigenvalue weighted by atomic mass is 16.5. The van der Waals surface area contributed by atoms with Gasteiger partial charge in [0.25, 0.3) is 0 Å². The second-order valence-corrected chi connectivity index (χ2v) is 5.69. The van der Waals surface area contributed by atoms with Gasteiger partial charge in [0.05, 0.1) is 0 Å². The van der Waals surface area contributed by atoms with Gasteiger partial charge in [-0.05, 0) is 36.0 Å². The first kappa shape index (κ1) is 12.0. The lowest BCUT2D eigenvalue weighted by Crippen LogP contribution is -2.18. The molecule has 0 spiro atoms. The fourth-order valence-electron chi connectivity index (χ4n) is 2.56. The van der Waals surface area contributed by atoms with Gasteiger partial charge in [0, 0.05) is 20.3 Å². The zero-order valence-corrected chi connectivity index (χ0v) is 9.92. The SMILES string of the molecule is COCC1CC(C(C)(C)C)CC1CO. The molecular weight excluding hydrogens is 176 g/mol. The minimum atomic E-state index is 0.320. The second-order valence-electron chi connectivity index (χ2n) is 5.69. The summed E-state index contributed by atoms with van der Waals surface area (Å²) in [6.45, 7) is 8.00. The van der Waals surface area contributed by atoms with Gasteiger partial charge in [-0.2, -0.15) is 0 Å². The maximum atomic E-state index is 9.29. The van der Waals surface area contributed by atoms with Crippen LogP contribution in [0, 0.1) is 23.2 Å². The van der Waals surface area contributed by atoms with Crippen molar-refractivity contribution in [3.8, 4) is 0 Å². The van der Waals surface area contributed by atoms with Crippen molar-refractivity contribution in [1.82, 2.24) is 0 Å². The van der Waals surface area contributed by atoms with Crippen molar-refractivity contribution in [2.75, 3.05) is 20.3 Å². The van der Waals surface area contributed by atoms with Crippen LogP contribution >= 0.6 is 0 Å². The van der Waals surface area contributed by atoms with Gasteiger partial charge < -0.3 is 9.84 Å². The molecule has 1 rings (SSSR count). The van der Waals surface area contributed by atoms with Crippen LogP contribution in [0.2, 0.25) is 0 Å². The minimum absolute atomic E-state index is 0.320. The van der Waals surface area contributed by atoms with Crippen LogP contribution in [0.5, 0.6) is 0 Å². The first-order valence-corrected chi connectivity index (χ1v) is 5.58. The third kappa shape index (κ3) is 2.71. The van der Waals surface area contributed by atoms with E-state index in [9.17, 15) is 5.11 Å². The van der Waals surface area contributed by atoms with E-state index in [1.54, 1.807) is 7.11 Å². The Morgan fingerprint density at radius 1 is 1.21 bits per heavy atom. The Bertz CT molecular complexity index is 172. The number of ether oxygens (including phenoxy) is 1. The first-order chi connectivity index (χ1) is 6.49. The Labute approximate surface area is 87.7 Å². The first-order valence-electron chi connectivity index (χ1n) is 5.58. The van der Waals surface area contributed by atoms with Gasteiger partial charge in [-0.25, -0.2) is 0 Å². The van der Waals surface area contributed by atoms with Gasteiger partial charge in [0.1, 0.15) is 0 Å². The van der Waals surface area contributed by atoms with E-state index >= 15 is 0 Å². The molecule has 0 heterocycles. The zero-order chi connectivity index (χ0) is 10.8. The molecule has 2 nitrogen and oxygen atoms in total. The molecule has 3 atom stereocenters. The summed E-state index contributed by atoms with van der Waals surface area (Å²) < 4.78 is 5.21. The molecule has 0 aromatic rings. The number of methoxy groups -OCH3 is 1. The number of aliphatic hydroxyl groups is 1. The van der Waals surface area contributed by atoms with Crippen molar-refractivity contribution in [3.05, 3.63) is 0 Å². The lowest BCUT2D eigenvalue weighted by atomic mass is 9.79. The number of rotatable bonds is 3. The van der Waals surface area contributed by atoms with Crippen LogP contribution in [0.3, 0.4) is 0 Å². The summed E-state index contributed by atoms with van der Waals surface area (Å²) in [6, 6.07) is 0. The minimum Gasteiger partial charge on any atom is -0.396 e. The Morgan fingerprint density at radius 3 is 2.21 bits per heavy atom. The molecule has 0 bridgehead atoms. The Balaban J connectivity index is 2.56. The summed E-state index contributed by atoms with van der Waals surface area (Å²) in [5.41, 5.74) is 0.371. The fourth-order valence-corrected chi connectivity index (χ4v) is 2.56. The van der Waals surface area contributed by atoms with Gasteiger partial charge in [-0.3, -0.25) is 0 Å². The van der Waals surface area contributed by atoms with E-state index in [4.69, 9.17) is 4.74 Å². The summed E-state index contributed by atoms with van der Waals surface area (Å²) in [7, 11) is 1.75. The van der Waals surface area contributed by atoms with Gasteiger partial charge in [0.2, 0.25) is 0 Å². The van der Waals surface area contributed by atoms with Crippen molar-refractivity contribution in [1.29, 1.82) is 0 Å². The molecule has 0 radical (unpaired) electrons. The largest absolute Gasteiger partial charge is 0.396 e. The molecule has 1 aliphatic carbocycles. The number of hydrogen-bond acceptors (Lipinski definition) is 2. The molecule has 0 amide bonds. The van der Waals surface area contributed by atoms with Crippen LogP contribution in [0.1, 0.15) is 33.6 Å². The van der Waals surface area contributed by atoms with Gasteiger partial charge in [-0.15, -0.1) is 0 Å². The smallest absolute Gasteiger partial charge is 0.0494 e. The molecule has 2 heteroatoms. The highest BCUT2D eigenvalue weighted by Gasteiger charge is 2.38. The van der Waals surface area contributed by atoms with Crippen LogP contribution in [0.15, 0.2) is 0 Å². The second kappa shape index (κ2) is 4.63. The van der Waals surface area contributed by atoms with Gasteiger partial charge >= 0.3 is 0 Å². The predicted molar refractivity (Wildman–Crippen MR) is 58.1 cm³/mol. The van der Waals surface area contributed by atoms with E-state index in [0.717, 1.165) is 18.9 Å². The molecule has 0 aromatic carbocycles. The predicted octanol–water partition coefficient (Wildman–Crippen LogP) is 2.31. The Hall–Kier alpha value is -0.0800.